The number of nitrogens with zero attached hydrogens (tertiary/aromatic N) is 2. The van der Waals surface area contributed by atoms with Crippen LogP contribution >= 0.6 is 11.3 Å². The maximum atomic E-state index is 13.1. The molecule has 3 aromatic heterocycles. The molecule has 4 aromatic rings. The van der Waals surface area contributed by atoms with E-state index in [9.17, 15) is 9.90 Å². The van der Waals surface area contributed by atoms with Crippen molar-refractivity contribution in [3.05, 3.63) is 87.7 Å². The summed E-state index contributed by atoms with van der Waals surface area (Å²) in [4.78, 5) is 23.5. The van der Waals surface area contributed by atoms with Gasteiger partial charge in [-0.1, -0.05) is 29.8 Å². The number of aryl methyl sites for hydroxylation is 2. The van der Waals surface area contributed by atoms with Crippen molar-refractivity contribution in [2.75, 3.05) is 19.8 Å². The fourth-order valence-corrected chi connectivity index (χ4v) is 5.00. The second kappa shape index (κ2) is 10.9. The summed E-state index contributed by atoms with van der Waals surface area (Å²) in [6.45, 7) is 9.43. The number of fused-ring (bicyclic) bond motifs is 1. The first-order valence-corrected chi connectivity index (χ1v) is 12.0. The van der Waals surface area contributed by atoms with E-state index in [-0.39, 0.29) is 12.2 Å². The lowest BCUT2D eigenvalue weighted by Gasteiger charge is -2.23. The van der Waals surface area contributed by atoms with Gasteiger partial charge in [0, 0.05) is 17.5 Å². The molecule has 34 heavy (non-hydrogen) atoms. The van der Waals surface area contributed by atoms with Crippen LogP contribution in [0.25, 0.3) is 21.3 Å². The lowest BCUT2D eigenvalue weighted by Crippen LogP contribution is -2.35. The van der Waals surface area contributed by atoms with E-state index in [1.54, 1.807) is 12.3 Å². The second-order valence-corrected chi connectivity index (χ2v) is 9.25. The molecule has 0 saturated carbocycles. The van der Waals surface area contributed by atoms with Crippen LogP contribution in [0.4, 0.5) is 0 Å². The average molecular weight is 480 g/mol. The van der Waals surface area contributed by atoms with E-state index < -0.39 is 6.10 Å². The Kier molecular flexibility index (Phi) is 7.74. The average Bonchev–Trinajstić information content (AvgIpc) is 3.44. The Balaban J connectivity index is 1.59. The molecule has 8 heteroatoms. The van der Waals surface area contributed by atoms with Crippen molar-refractivity contribution in [3.63, 3.8) is 0 Å². The summed E-state index contributed by atoms with van der Waals surface area (Å²) in [6.07, 6.45) is 2.55. The van der Waals surface area contributed by atoms with Crippen LogP contribution in [0.2, 0.25) is 0 Å². The molecule has 0 bridgehead atoms. The van der Waals surface area contributed by atoms with Gasteiger partial charge in [0.05, 0.1) is 44.1 Å². The molecule has 1 unspecified atom stereocenters. The quantitative estimate of drug-likeness (QED) is 0.244. The van der Waals surface area contributed by atoms with Crippen LogP contribution < -0.4 is 5.56 Å². The molecule has 0 aliphatic carbocycles. The van der Waals surface area contributed by atoms with Crippen molar-refractivity contribution < 1.29 is 14.3 Å². The van der Waals surface area contributed by atoms with Gasteiger partial charge in [0.1, 0.15) is 16.4 Å². The van der Waals surface area contributed by atoms with Gasteiger partial charge in [-0.2, -0.15) is 0 Å². The predicted octanol–water partition coefficient (Wildman–Crippen LogP) is 4.43. The van der Waals surface area contributed by atoms with Gasteiger partial charge in [-0.05, 0) is 37.1 Å². The van der Waals surface area contributed by atoms with Gasteiger partial charge in [-0.25, -0.2) is 4.98 Å². The highest BCUT2D eigenvalue weighted by atomic mass is 32.1. The van der Waals surface area contributed by atoms with E-state index >= 15 is 0 Å². The SMILES string of the molecule is C=CCOCC(O)CN(Cc1nc2scc(-c3ccc(C)cc3C)c2c(=O)[nH]1)Cc1ccco1. The summed E-state index contributed by atoms with van der Waals surface area (Å²) >= 11 is 1.46. The zero-order valence-corrected chi connectivity index (χ0v) is 20.2. The highest BCUT2D eigenvalue weighted by Crippen LogP contribution is 2.33. The van der Waals surface area contributed by atoms with Crippen molar-refractivity contribution in [1.29, 1.82) is 0 Å². The van der Waals surface area contributed by atoms with Crippen LogP contribution in [0.5, 0.6) is 0 Å². The number of furan rings is 1. The van der Waals surface area contributed by atoms with E-state index in [0.29, 0.717) is 42.3 Å². The number of ether oxygens (including phenoxy) is 1. The Morgan fingerprint density at radius 2 is 2.15 bits per heavy atom. The maximum Gasteiger partial charge on any atom is 0.260 e. The minimum absolute atomic E-state index is 0.163. The van der Waals surface area contributed by atoms with Crippen molar-refractivity contribution in [2.24, 2.45) is 0 Å². The molecule has 2 N–H and O–H groups in total. The van der Waals surface area contributed by atoms with Gasteiger partial charge >= 0.3 is 0 Å². The van der Waals surface area contributed by atoms with Crippen molar-refractivity contribution >= 4 is 21.6 Å². The molecule has 0 amide bonds. The molecule has 0 saturated heterocycles. The fourth-order valence-electron chi connectivity index (χ4n) is 4.04. The molecule has 7 nitrogen and oxygen atoms in total. The molecule has 1 aromatic carbocycles. The standard InChI is InChI=1S/C26H29N3O4S/c1-4-9-32-15-19(30)12-29(13-20-6-5-10-33-20)14-23-27-25(31)24-22(16-34-26(24)28-23)21-8-7-17(2)11-18(21)3/h4-8,10-11,16,19,30H,1,9,12-15H2,2-3H3,(H,27,28,31). The topological polar surface area (TPSA) is 91.6 Å². The van der Waals surface area contributed by atoms with E-state index in [4.69, 9.17) is 14.1 Å². The third-order valence-electron chi connectivity index (χ3n) is 5.51. The summed E-state index contributed by atoms with van der Waals surface area (Å²) in [5, 5.41) is 13.0. The molecule has 4 rings (SSSR count). The Hall–Kier alpha value is -3.04. The molecule has 0 aliphatic heterocycles. The van der Waals surface area contributed by atoms with Gasteiger partial charge in [0.25, 0.3) is 5.56 Å². The number of thiophene rings is 1. The first kappa shape index (κ1) is 24.1. The maximum absolute atomic E-state index is 13.1. The van der Waals surface area contributed by atoms with Gasteiger partial charge in [-0.3, -0.25) is 9.69 Å². The normalized spacial score (nSPS) is 12.5. The van der Waals surface area contributed by atoms with E-state index in [1.807, 2.05) is 22.4 Å². The van der Waals surface area contributed by atoms with Crippen LogP contribution in [0.1, 0.15) is 22.7 Å². The number of aliphatic hydroxyl groups is 1. The van der Waals surface area contributed by atoms with Crippen LogP contribution in [0.15, 0.2) is 63.8 Å². The number of aromatic amines is 1. The first-order chi connectivity index (χ1) is 16.4. The zero-order valence-electron chi connectivity index (χ0n) is 19.4. The number of aromatic nitrogens is 2. The highest BCUT2D eigenvalue weighted by Gasteiger charge is 2.18. The monoisotopic (exact) mass is 479 g/mol. The summed E-state index contributed by atoms with van der Waals surface area (Å²) < 4.78 is 10.9. The van der Waals surface area contributed by atoms with Crippen LogP contribution in [0.3, 0.4) is 0 Å². The number of hydrogen-bond donors (Lipinski definition) is 2. The Bertz CT molecular complexity index is 1310. The van der Waals surface area contributed by atoms with E-state index in [0.717, 1.165) is 22.5 Å². The smallest absolute Gasteiger partial charge is 0.260 e. The van der Waals surface area contributed by atoms with Gasteiger partial charge in [0.15, 0.2) is 0 Å². The molecular formula is C26H29N3O4S. The molecule has 0 aliphatic rings. The van der Waals surface area contributed by atoms with Crippen molar-refractivity contribution in [1.82, 2.24) is 14.9 Å². The van der Waals surface area contributed by atoms with Crippen LogP contribution in [-0.2, 0) is 17.8 Å². The second-order valence-electron chi connectivity index (χ2n) is 8.39. The predicted molar refractivity (Wildman–Crippen MR) is 135 cm³/mol. The summed E-state index contributed by atoms with van der Waals surface area (Å²) in [5.74, 6) is 1.30. The molecule has 0 radical (unpaired) electrons. The van der Waals surface area contributed by atoms with E-state index in [1.165, 1.54) is 16.9 Å². The number of aliphatic hydroxyl groups excluding tert-OH is 1. The van der Waals surface area contributed by atoms with E-state index in [2.05, 4.69) is 43.6 Å². The number of benzene rings is 1. The summed E-state index contributed by atoms with van der Waals surface area (Å²) in [7, 11) is 0. The summed E-state index contributed by atoms with van der Waals surface area (Å²) in [6, 6.07) is 9.93. The Morgan fingerprint density at radius 1 is 1.29 bits per heavy atom. The third kappa shape index (κ3) is 5.71. The number of nitrogens with one attached hydrogen (secondary N) is 1. The summed E-state index contributed by atoms with van der Waals surface area (Å²) in [5.41, 5.74) is 4.09. The van der Waals surface area contributed by atoms with Gasteiger partial charge in [-0.15, -0.1) is 17.9 Å². The zero-order chi connectivity index (χ0) is 24.1. The van der Waals surface area contributed by atoms with Crippen molar-refractivity contribution in [3.8, 4) is 11.1 Å². The number of H-pyrrole nitrogens is 1. The molecule has 3 heterocycles. The van der Waals surface area contributed by atoms with Crippen molar-refractivity contribution in [2.45, 2.75) is 33.0 Å². The van der Waals surface area contributed by atoms with Gasteiger partial charge in [0.2, 0.25) is 0 Å². The largest absolute Gasteiger partial charge is 0.468 e. The first-order valence-electron chi connectivity index (χ1n) is 11.1. The molecule has 0 fully saturated rings. The minimum atomic E-state index is -0.705. The van der Waals surface area contributed by atoms with Crippen LogP contribution in [-0.4, -0.2) is 45.8 Å². The van der Waals surface area contributed by atoms with Gasteiger partial charge < -0.3 is 19.2 Å². The lowest BCUT2D eigenvalue weighted by molar-refractivity contribution is 0.0210. The lowest BCUT2D eigenvalue weighted by atomic mass is 9.99. The third-order valence-corrected chi connectivity index (χ3v) is 6.39. The molecule has 178 valence electrons. The molecular weight excluding hydrogens is 450 g/mol. The Morgan fingerprint density at radius 3 is 2.88 bits per heavy atom. The number of hydrogen-bond acceptors (Lipinski definition) is 7. The fraction of sp³-hybridized carbons (Fsp3) is 0.308. The van der Waals surface area contributed by atoms with Crippen LogP contribution in [0, 0.1) is 13.8 Å². The number of rotatable bonds is 11. The highest BCUT2D eigenvalue weighted by molar-refractivity contribution is 7.17. The molecule has 1 atom stereocenters. The minimum Gasteiger partial charge on any atom is -0.468 e. The molecule has 0 spiro atoms. The Labute approximate surface area is 202 Å².